The van der Waals surface area contributed by atoms with Gasteiger partial charge in [-0.25, -0.2) is 0 Å². The maximum Gasteiger partial charge on any atom is 0.00715 e. The summed E-state index contributed by atoms with van der Waals surface area (Å²) in [5.74, 6) is 0.510. The average molecular weight is 486 g/mol. The van der Waals surface area contributed by atoms with E-state index < -0.39 is 8.41 Å². The second-order valence-electron chi connectivity index (χ2n) is 6.96. The fourth-order valence-corrected chi connectivity index (χ4v) is 5.27. The van der Waals surface area contributed by atoms with Gasteiger partial charge in [-0.3, -0.25) is 0 Å². The van der Waals surface area contributed by atoms with Crippen molar-refractivity contribution in [2.24, 2.45) is 5.92 Å². The van der Waals surface area contributed by atoms with Crippen molar-refractivity contribution in [1.82, 2.24) is 0 Å². The van der Waals surface area contributed by atoms with E-state index >= 15 is 0 Å². The predicted octanol–water partition coefficient (Wildman–Crippen LogP) is 5.58. The molecule has 0 saturated heterocycles. The fraction of sp³-hybridized carbons (Fsp3) is 0.381. The Hall–Kier alpha value is -0.603. The van der Waals surface area contributed by atoms with Crippen LogP contribution in [0.15, 0.2) is 63.3 Å². The molecule has 1 unspecified atom stereocenters. The predicted molar refractivity (Wildman–Crippen MR) is 102 cm³/mol. The zero-order valence-corrected chi connectivity index (χ0v) is 19.7. The van der Waals surface area contributed by atoms with Gasteiger partial charge in [0.25, 0.3) is 0 Å². The van der Waals surface area contributed by atoms with E-state index in [0.717, 1.165) is 6.42 Å². The molecule has 0 N–H and O–H groups in total. The van der Waals surface area contributed by atoms with Gasteiger partial charge >= 0.3 is 0 Å². The summed E-state index contributed by atoms with van der Waals surface area (Å²) >= 11 is 0. The van der Waals surface area contributed by atoms with Crippen molar-refractivity contribution in [1.29, 1.82) is 0 Å². The summed E-state index contributed by atoms with van der Waals surface area (Å²) in [5.41, 5.74) is 10.0. The molecule has 122 valence electrons. The Morgan fingerprint density at radius 3 is 2.48 bits per heavy atom. The molecule has 0 spiro atoms. The molecule has 0 bridgehead atoms. The summed E-state index contributed by atoms with van der Waals surface area (Å²) in [5, 5.41) is 1.63. The normalized spacial score (nSPS) is 23.3. The zero-order valence-electron chi connectivity index (χ0n) is 17.1. The minimum atomic E-state index is -0.434. The molecular formula is C21H27HfSi-3. The maximum absolute atomic E-state index is 3.63. The Morgan fingerprint density at radius 2 is 1.91 bits per heavy atom. The van der Waals surface area contributed by atoms with E-state index in [1.54, 1.807) is 5.17 Å². The minimum absolute atomic E-state index is 0. The number of hydrogen-bond donors (Lipinski definition) is 0. The quantitative estimate of drug-likeness (QED) is 0.336. The Labute approximate surface area is 164 Å². The van der Waals surface area contributed by atoms with Gasteiger partial charge < -0.3 is 2.85 Å². The molecule has 23 heavy (non-hydrogen) atoms. The van der Waals surface area contributed by atoms with E-state index in [-0.39, 0.29) is 28.7 Å². The molecule has 0 saturated carbocycles. The third kappa shape index (κ3) is 3.30. The Morgan fingerprint density at radius 1 is 1.22 bits per heavy atom. The molecule has 3 aliphatic rings. The monoisotopic (exact) mass is 487 g/mol. The molecule has 0 aliphatic heterocycles. The van der Waals surface area contributed by atoms with Gasteiger partial charge in [-0.05, 0) is 26.2 Å². The van der Waals surface area contributed by atoms with Crippen molar-refractivity contribution in [3.8, 4) is 0 Å². The summed E-state index contributed by atoms with van der Waals surface area (Å²) in [6.07, 6.45) is 14.0. The molecule has 3 rings (SSSR count). The van der Waals surface area contributed by atoms with E-state index in [4.69, 9.17) is 0 Å². The first-order chi connectivity index (χ1) is 10.4. The first kappa shape index (κ1) is 18.7. The smallest absolute Gasteiger partial charge is 0.00715 e. The van der Waals surface area contributed by atoms with Crippen LogP contribution in [0.25, 0.3) is 0 Å². The SMILES string of the molecule is CC1=[C-]C2=CC=CC(=[Si](C)C)C(C)C2=C1C1=CC(C)=C(C)C1.[H-].[H-].[Hf]. The van der Waals surface area contributed by atoms with Gasteiger partial charge in [0.2, 0.25) is 0 Å². The van der Waals surface area contributed by atoms with Gasteiger partial charge in [0.15, 0.2) is 0 Å². The summed E-state index contributed by atoms with van der Waals surface area (Å²) < 4.78 is 0. The first-order valence-electron chi connectivity index (χ1n) is 8.18. The van der Waals surface area contributed by atoms with Crippen LogP contribution < -0.4 is 0 Å². The first-order valence-corrected chi connectivity index (χ1v) is 10.7. The van der Waals surface area contributed by atoms with Crippen molar-refractivity contribution in [3.05, 3.63) is 69.4 Å². The van der Waals surface area contributed by atoms with Crippen molar-refractivity contribution < 1.29 is 28.7 Å². The molecular weight excluding hydrogens is 459 g/mol. The van der Waals surface area contributed by atoms with Crippen LogP contribution >= 0.6 is 0 Å². The minimum Gasteiger partial charge on any atom is -1.00 e. The summed E-state index contributed by atoms with van der Waals surface area (Å²) in [4.78, 5) is 0. The summed E-state index contributed by atoms with van der Waals surface area (Å²) in [7, 11) is -0.434. The zero-order chi connectivity index (χ0) is 16.0. The third-order valence-corrected chi connectivity index (χ3v) is 6.87. The Kier molecular flexibility index (Phi) is 5.79. The number of fused-ring (bicyclic) bond motifs is 1. The largest absolute Gasteiger partial charge is 1.00 e. The van der Waals surface area contributed by atoms with E-state index in [2.05, 4.69) is 71.2 Å². The molecule has 0 heterocycles. The summed E-state index contributed by atoms with van der Waals surface area (Å²) in [6, 6.07) is 0. The van der Waals surface area contributed by atoms with Crippen molar-refractivity contribution >= 4 is 13.6 Å². The van der Waals surface area contributed by atoms with Gasteiger partial charge in [0, 0.05) is 34.3 Å². The van der Waals surface area contributed by atoms with Crippen molar-refractivity contribution in [3.63, 3.8) is 0 Å². The van der Waals surface area contributed by atoms with Crippen LogP contribution in [-0.4, -0.2) is 13.6 Å². The second kappa shape index (κ2) is 7.10. The maximum atomic E-state index is 3.63. The molecule has 0 aromatic carbocycles. The summed E-state index contributed by atoms with van der Waals surface area (Å²) in [6.45, 7) is 13.9. The molecule has 0 aromatic heterocycles. The molecule has 3 aliphatic carbocycles. The second-order valence-corrected chi connectivity index (χ2v) is 9.54. The fourth-order valence-electron chi connectivity index (χ4n) is 3.83. The van der Waals surface area contributed by atoms with E-state index in [1.807, 2.05) is 0 Å². The van der Waals surface area contributed by atoms with E-state index in [9.17, 15) is 0 Å². The van der Waals surface area contributed by atoms with Crippen LogP contribution in [0.2, 0.25) is 13.1 Å². The average Bonchev–Trinajstić information content (AvgIpc) is 2.88. The Balaban J connectivity index is 0.00000192. The van der Waals surface area contributed by atoms with Crippen LogP contribution in [0.5, 0.6) is 0 Å². The Bertz CT molecular complexity index is 770. The van der Waals surface area contributed by atoms with Crippen LogP contribution in [0.4, 0.5) is 0 Å². The van der Waals surface area contributed by atoms with Gasteiger partial charge in [-0.1, -0.05) is 61.0 Å². The van der Waals surface area contributed by atoms with E-state index in [0.29, 0.717) is 5.92 Å². The molecule has 0 nitrogen and oxygen atoms in total. The van der Waals surface area contributed by atoms with Crippen molar-refractivity contribution in [2.75, 3.05) is 0 Å². The third-order valence-electron chi connectivity index (χ3n) is 5.11. The molecule has 0 aromatic rings. The molecule has 0 fully saturated rings. The standard InChI is InChI=1S/C21H25Si.Hf.2H/c1-13-10-18(11-14(13)2)20-15(3)12-17-8-7-9-19(22(5)6)16(4)21(17)20;;;/h7-10,16H,11H2,1-6H3;;;/q-1;;2*-1. The molecule has 0 radical (unpaired) electrons. The molecule has 0 amide bonds. The van der Waals surface area contributed by atoms with Gasteiger partial charge in [-0.15, -0.1) is 34.9 Å². The van der Waals surface area contributed by atoms with E-state index in [1.165, 1.54) is 39.0 Å². The van der Waals surface area contributed by atoms with Crippen LogP contribution in [0, 0.1) is 12.0 Å². The number of hydrogen-bond acceptors (Lipinski definition) is 0. The van der Waals surface area contributed by atoms with Gasteiger partial charge in [-0.2, -0.15) is 5.57 Å². The van der Waals surface area contributed by atoms with Gasteiger partial charge in [0.05, 0.1) is 0 Å². The number of rotatable bonds is 1. The van der Waals surface area contributed by atoms with Crippen LogP contribution in [0.3, 0.4) is 0 Å². The molecule has 1 atom stereocenters. The number of allylic oxidation sites excluding steroid dienone is 12. The van der Waals surface area contributed by atoms with Crippen LogP contribution in [-0.2, 0) is 25.8 Å². The molecule has 2 heteroatoms. The van der Waals surface area contributed by atoms with Crippen LogP contribution in [0.1, 0.15) is 37.0 Å². The van der Waals surface area contributed by atoms with Crippen molar-refractivity contribution in [2.45, 2.75) is 47.2 Å². The van der Waals surface area contributed by atoms with Gasteiger partial charge in [0.1, 0.15) is 0 Å². The topological polar surface area (TPSA) is 0 Å².